The Bertz CT molecular complexity index is 635. The van der Waals surface area contributed by atoms with Gasteiger partial charge in [-0.3, -0.25) is 0 Å². The Kier molecular flexibility index (Phi) is 3.12. The minimum Gasteiger partial charge on any atom is -0.437 e. The second-order valence-corrected chi connectivity index (χ2v) is 5.01. The Morgan fingerprint density at radius 3 is 2.89 bits per heavy atom. The van der Waals surface area contributed by atoms with Gasteiger partial charge in [0.1, 0.15) is 12.0 Å². The van der Waals surface area contributed by atoms with Gasteiger partial charge in [-0.2, -0.15) is 0 Å². The van der Waals surface area contributed by atoms with Crippen LogP contribution in [0.2, 0.25) is 6.82 Å². The number of aromatic nitrogens is 3. The molecule has 1 aliphatic heterocycles. The Labute approximate surface area is 112 Å². The molecule has 5 nitrogen and oxygen atoms in total. The lowest BCUT2D eigenvalue weighted by Gasteiger charge is -2.26. The van der Waals surface area contributed by atoms with Crippen molar-refractivity contribution >= 4 is 23.7 Å². The van der Waals surface area contributed by atoms with E-state index in [0.717, 1.165) is 41.9 Å². The SMILES string of the molecule is CB(O)N1CC=C(c2cc3c(C)ncnc3[nH]2)CC1. The second kappa shape index (κ2) is 4.79. The molecule has 0 atom stereocenters. The van der Waals surface area contributed by atoms with Crippen molar-refractivity contribution in [3.63, 3.8) is 0 Å². The van der Waals surface area contributed by atoms with E-state index in [-0.39, 0.29) is 7.05 Å². The molecule has 0 bridgehead atoms. The first kappa shape index (κ1) is 12.4. The standard InChI is InChI=1S/C13H17BN4O/c1-9-11-7-12(17-13(11)16-8-15-9)10-3-5-18(6-4-10)14(2)19/h3,7-8,19H,4-6H2,1-2H3,(H,15,16,17). The Morgan fingerprint density at radius 1 is 1.42 bits per heavy atom. The Balaban J connectivity index is 1.91. The fourth-order valence-electron chi connectivity index (χ4n) is 2.51. The molecule has 0 aliphatic carbocycles. The van der Waals surface area contributed by atoms with Gasteiger partial charge in [0.25, 0.3) is 0 Å². The van der Waals surface area contributed by atoms with Gasteiger partial charge in [-0.15, -0.1) is 0 Å². The first-order valence-electron chi connectivity index (χ1n) is 6.57. The monoisotopic (exact) mass is 256 g/mol. The number of rotatable bonds is 2. The van der Waals surface area contributed by atoms with E-state index in [1.807, 2.05) is 11.7 Å². The van der Waals surface area contributed by atoms with Gasteiger partial charge in [0.15, 0.2) is 0 Å². The molecular weight excluding hydrogens is 239 g/mol. The van der Waals surface area contributed by atoms with Crippen molar-refractivity contribution in [1.29, 1.82) is 0 Å². The summed E-state index contributed by atoms with van der Waals surface area (Å²) >= 11 is 0. The van der Waals surface area contributed by atoms with E-state index < -0.39 is 0 Å². The molecule has 0 unspecified atom stereocenters. The summed E-state index contributed by atoms with van der Waals surface area (Å²) in [5, 5.41) is 10.6. The van der Waals surface area contributed by atoms with Gasteiger partial charge in [-0.05, 0) is 38.4 Å². The molecule has 19 heavy (non-hydrogen) atoms. The van der Waals surface area contributed by atoms with E-state index in [1.165, 1.54) is 5.57 Å². The minimum absolute atomic E-state index is 0.381. The van der Waals surface area contributed by atoms with Crippen molar-refractivity contribution in [2.45, 2.75) is 20.2 Å². The van der Waals surface area contributed by atoms with Gasteiger partial charge in [0, 0.05) is 17.6 Å². The van der Waals surface area contributed by atoms with Crippen LogP contribution in [0.25, 0.3) is 16.6 Å². The summed E-state index contributed by atoms with van der Waals surface area (Å²) in [6, 6.07) is 2.12. The maximum atomic E-state index is 9.56. The van der Waals surface area contributed by atoms with Gasteiger partial charge < -0.3 is 14.8 Å². The molecule has 0 aromatic carbocycles. The van der Waals surface area contributed by atoms with Crippen molar-refractivity contribution in [3.8, 4) is 0 Å². The molecule has 3 heterocycles. The lowest BCUT2D eigenvalue weighted by Crippen LogP contribution is -2.39. The topological polar surface area (TPSA) is 65.0 Å². The van der Waals surface area contributed by atoms with Crippen LogP contribution in [0.5, 0.6) is 0 Å². The number of aromatic amines is 1. The van der Waals surface area contributed by atoms with Crippen LogP contribution in [0.15, 0.2) is 18.5 Å². The smallest absolute Gasteiger partial charge is 0.376 e. The van der Waals surface area contributed by atoms with Gasteiger partial charge in [-0.1, -0.05) is 6.08 Å². The molecule has 0 saturated heterocycles. The number of aryl methyl sites for hydroxylation is 1. The zero-order chi connectivity index (χ0) is 13.4. The summed E-state index contributed by atoms with van der Waals surface area (Å²) in [5.74, 6) is 0. The van der Waals surface area contributed by atoms with E-state index in [1.54, 1.807) is 13.2 Å². The molecule has 2 aromatic rings. The van der Waals surface area contributed by atoms with Gasteiger partial charge in [-0.25, -0.2) is 9.97 Å². The molecule has 2 N–H and O–H groups in total. The van der Waals surface area contributed by atoms with Crippen LogP contribution in [0.1, 0.15) is 17.8 Å². The van der Waals surface area contributed by atoms with Crippen LogP contribution in [0, 0.1) is 6.92 Å². The molecule has 2 aromatic heterocycles. The van der Waals surface area contributed by atoms with E-state index >= 15 is 0 Å². The molecule has 0 fully saturated rings. The number of hydrogen-bond acceptors (Lipinski definition) is 4. The number of H-pyrrole nitrogens is 1. The highest BCUT2D eigenvalue weighted by atomic mass is 16.2. The second-order valence-electron chi connectivity index (χ2n) is 5.01. The van der Waals surface area contributed by atoms with Gasteiger partial charge in [0.05, 0.1) is 5.69 Å². The molecule has 98 valence electrons. The third kappa shape index (κ3) is 2.29. The largest absolute Gasteiger partial charge is 0.437 e. The van der Waals surface area contributed by atoms with Crippen LogP contribution in [0.4, 0.5) is 0 Å². The maximum absolute atomic E-state index is 9.56. The predicted octanol–water partition coefficient (Wildman–Crippen LogP) is 1.47. The quantitative estimate of drug-likeness (QED) is 0.798. The summed E-state index contributed by atoms with van der Waals surface area (Å²) in [4.78, 5) is 13.9. The fraction of sp³-hybridized carbons (Fsp3) is 0.385. The minimum atomic E-state index is -0.381. The highest BCUT2D eigenvalue weighted by Gasteiger charge is 2.20. The zero-order valence-electron chi connectivity index (χ0n) is 11.2. The number of nitrogens with zero attached hydrogens (tertiary/aromatic N) is 3. The Morgan fingerprint density at radius 2 is 2.26 bits per heavy atom. The van der Waals surface area contributed by atoms with E-state index in [0.29, 0.717) is 0 Å². The normalized spacial score (nSPS) is 16.7. The van der Waals surface area contributed by atoms with Crippen molar-refractivity contribution < 1.29 is 5.02 Å². The average molecular weight is 256 g/mol. The van der Waals surface area contributed by atoms with E-state index in [9.17, 15) is 5.02 Å². The number of fused-ring (bicyclic) bond motifs is 1. The maximum Gasteiger partial charge on any atom is 0.376 e. The summed E-state index contributed by atoms with van der Waals surface area (Å²) in [7, 11) is -0.381. The molecule has 0 spiro atoms. The third-order valence-electron chi connectivity index (χ3n) is 3.74. The molecule has 1 aliphatic rings. The lowest BCUT2D eigenvalue weighted by atomic mass is 9.83. The lowest BCUT2D eigenvalue weighted by molar-refractivity contribution is 0.392. The first-order valence-corrected chi connectivity index (χ1v) is 6.57. The number of nitrogens with one attached hydrogen (secondary N) is 1. The molecule has 0 saturated carbocycles. The zero-order valence-corrected chi connectivity index (χ0v) is 11.2. The number of hydrogen-bond donors (Lipinski definition) is 2. The van der Waals surface area contributed by atoms with Crippen LogP contribution < -0.4 is 0 Å². The molecule has 3 rings (SSSR count). The highest BCUT2D eigenvalue weighted by molar-refractivity contribution is 6.45. The van der Waals surface area contributed by atoms with E-state index in [2.05, 4.69) is 27.1 Å². The highest BCUT2D eigenvalue weighted by Crippen LogP contribution is 2.25. The van der Waals surface area contributed by atoms with Gasteiger partial charge >= 0.3 is 7.05 Å². The molecule has 0 amide bonds. The third-order valence-corrected chi connectivity index (χ3v) is 3.74. The molecule has 0 radical (unpaired) electrons. The van der Waals surface area contributed by atoms with Crippen molar-refractivity contribution in [3.05, 3.63) is 29.9 Å². The molecular formula is C13H17BN4O. The van der Waals surface area contributed by atoms with Crippen LogP contribution >= 0.6 is 0 Å². The van der Waals surface area contributed by atoms with Crippen molar-refractivity contribution in [2.75, 3.05) is 13.1 Å². The van der Waals surface area contributed by atoms with Crippen LogP contribution in [-0.2, 0) is 0 Å². The summed E-state index contributed by atoms with van der Waals surface area (Å²) in [6.07, 6.45) is 4.69. The fourth-order valence-corrected chi connectivity index (χ4v) is 2.51. The first-order chi connectivity index (χ1) is 9.15. The van der Waals surface area contributed by atoms with Crippen molar-refractivity contribution in [1.82, 2.24) is 19.8 Å². The average Bonchev–Trinajstić information content (AvgIpc) is 2.84. The summed E-state index contributed by atoms with van der Waals surface area (Å²) < 4.78 is 0. The summed E-state index contributed by atoms with van der Waals surface area (Å²) in [6.45, 7) is 5.46. The van der Waals surface area contributed by atoms with E-state index in [4.69, 9.17) is 0 Å². The predicted molar refractivity (Wildman–Crippen MR) is 76.6 cm³/mol. The Hall–Kier alpha value is -1.66. The van der Waals surface area contributed by atoms with Crippen molar-refractivity contribution in [2.24, 2.45) is 0 Å². The van der Waals surface area contributed by atoms with Gasteiger partial charge in [0.2, 0.25) is 0 Å². The van der Waals surface area contributed by atoms with Crippen LogP contribution in [-0.4, -0.2) is 44.9 Å². The molecule has 6 heteroatoms. The van der Waals surface area contributed by atoms with Crippen LogP contribution in [0.3, 0.4) is 0 Å². The summed E-state index contributed by atoms with van der Waals surface area (Å²) in [5.41, 5.74) is 4.29.